The first-order valence-electron chi connectivity index (χ1n) is 6.48. The van der Waals surface area contributed by atoms with Crippen LogP contribution in [0.4, 0.5) is 0 Å². The molecule has 1 aromatic carbocycles. The highest BCUT2D eigenvalue weighted by Crippen LogP contribution is 2.25. The van der Waals surface area contributed by atoms with E-state index >= 15 is 0 Å². The summed E-state index contributed by atoms with van der Waals surface area (Å²) in [6, 6.07) is 7.88. The molecule has 1 aliphatic carbocycles. The summed E-state index contributed by atoms with van der Waals surface area (Å²) in [6.07, 6.45) is 6.28. The zero-order valence-corrected chi connectivity index (χ0v) is 10.2. The number of nitrogens with two attached hydrogens (primary N) is 1. The van der Waals surface area contributed by atoms with Gasteiger partial charge in [0.05, 0.1) is 12.7 Å². The van der Waals surface area contributed by atoms with Gasteiger partial charge in [0.2, 0.25) is 0 Å². The highest BCUT2D eigenvalue weighted by Gasteiger charge is 2.16. The van der Waals surface area contributed by atoms with Gasteiger partial charge in [-0.3, -0.25) is 0 Å². The minimum absolute atomic E-state index is 0.416. The van der Waals surface area contributed by atoms with E-state index in [-0.39, 0.29) is 0 Å². The van der Waals surface area contributed by atoms with Crippen molar-refractivity contribution in [1.29, 1.82) is 0 Å². The standard InChI is InChI=1S/C14H21NO2/c15-10-3-11-16-12-6-8-14(9-7-12)17-13-4-1-2-5-13/h6-9,13H,1-5,10-11,15H2. The number of hydrogen-bond donors (Lipinski definition) is 1. The third-order valence-corrected chi connectivity index (χ3v) is 3.05. The smallest absolute Gasteiger partial charge is 0.119 e. The quantitative estimate of drug-likeness (QED) is 0.771. The first-order chi connectivity index (χ1) is 8.38. The van der Waals surface area contributed by atoms with Crippen molar-refractivity contribution in [2.75, 3.05) is 13.2 Å². The molecule has 0 amide bonds. The average molecular weight is 235 g/mol. The zero-order valence-electron chi connectivity index (χ0n) is 10.2. The van der Waals surface area contributed by atoms with E-state index in [1.165, 1.54) is 25.7 Å². The summed E-state index contributed by atoms with van der Waals surface area (Å²) >= 11 is 0. The maximum Gasteiger partial charge on any atom is 0.119 e. The van der Waals surface area contributed by atoms with Gasteiger partial charge >= 0.3 is 0 Å². The van der Waals surface area contributed by atoms with Gasteiger partial charge in [0.25, 0.3) is 0 Å². The molecule has 0 spiro atoms. The van der Waals surface area contributed by atoms with E-state index < -0.39 is 0 Å². The van der Waals surface area contributed by atoms with Crippen LogP contribution >= 0.6 is 0 Å². The Balaban J connectivity index is 1.80. The minimum atomic E-state index is 0.416. The lowest BCUT2D eigenvalue weighted by Crippen LogP contribution is -2.10. The van der Waals surface area contributed by atoms with E-state index in [1.54, 1.807) is 0 Å². The molecule has 0 unspecified atom stereocenters. The normalized spacial score (nSPS) is 16.1. The minimum Gasteiger partial charge on any atom is -0.494 e. The number of rotatable bonds is 6. The van der Waals surface area contributed by atoms with Gasteiger partial charge in [-0.25, -0.2) is 0 Å². The lowest BCUT2D eigenvalue weighted by atomic mass is 10.3. The number of hydrogen-bond acceptors (Lipinski definition) is 3. The van der Waals surface area contributed by atoms with Crippen molar-refractivity contribution in [3.63, 3.8) is 0 Å². The third kappa shape index (κ3) is 3.93. The monoisotopic (exact) mass is 235 g/mol. The van der Waals surface area contributed by atoms with E-state index in [1.807, 2.05) is 24.3 Å². The van der Waals surface area contributed by atoms with Gasteiger partial charge < -0.3 is 15.2 Å². The Kier molecular flexibility index (Phi) is 4.68. The molecule has 0 aromatic heterocycles. The van der Waals surface area contributed by atoms with Crippen molar-refractivity contribution in [3.8, 4) is 11.5 Å². The van der Waals surface area contributed by atoms with Gasteiger partial charge in [-0.15, -0.1) is 0 Å². The molecule has 2 rings (SSSR count). The SMILES string of the molecule is NCCCOc1ccc(OC2CCCC2)cc1. The van der Waals surface area contributed by atoms with Crippen molar-refractivity contribution in [1.82, 2.24) is 0 Å². The van der Waals surface area contributed by atoms with Gasteiger partial charge in [-0.05, 0) is 62.9 Å². The molecule has 94 valence electrons. The lowest BCUT2D eigenvalue weighted by molar-refractivity contribution is 0.209. The van der Waals surface area contributed by atoms with Crippen molar-refractivity contribution in [3.05, 3.63) is 24.3 Å². The Morgan fingerprint density at radius 2 is 1.71 bits per heavy atom. The van der Waals surface area contributed by atoms with Crippen LogP contribution < -0.4 is 15.2 Å². The molecular formula is C14H21NO2. The lowest BCUT2D eigenvalue weighted by Gasteiger charge is -2.13. The Morgan fingerprint density at radius 1 is 1.06 bits per heavy atom. The summed E-state index contributed by atoms with van der Waals surface area (Å²) < 4.78 is 11.4. The summed E-state index contributed by atoms with van der Waals surface area (Å²) in [5.74, 6) is 1.83. The molecule has 0 heterocycles. The largest absolute Gasteiger partial charge is 0.494 e. The average Bonchev–Trinajstić information content (AvgIpc) is 2.85. The molecule has 0 atom stereocenters. The number of benzene rings is 1. The molecule has 3 nitrogen and oxygen atoms in total. The van der Waals surface area contributed by atoms with E-state index in [4.69, 9.17) is 15.2 Å². The van der Waals surface area contributed by atoms with Gasteiger partial charge in [-0.2, -0.15) is 0 Å². The van der Waals surface area contributed by atoms with Crippen LogP contribution in [-0.4, -0.2) is 19.3 Å². The first-order valence-corrected chi connectivity index (χ1v) is 6.48. The summed E-state index contributed by atoms with van der Waals surface area (Å²) in [5, 5.41) is 0. The highest BCUT2D eigenvalue weighted by atomic mass is 16.5. The van der Waals surface area contributed by atoms with Gasteiger partial charge in [0.1, 0.15) is 11.5 Å². The van der Waals surface area contributed by atoms with Crippen molar-refractivity contribution in [2.24, 2.45) is 5.73 Å². The maximum absolute atomic E-state index is 5.88. The molecule has 0 bridgehead atoms. The van der Waals surface area contributed by atoms with Crippen LogP contribution in [0.1, 0.15) is 32.1 Å². The Bertz CT molecular complexity index is 317. The fraction of sp³-hybridized carbons (Fsp3) is 0.571. The van der Waals surface area contributed by atoms with Crippen LogP contribution in [0.25, 0.3) is 0 Å². The number of ether oxygens (including phenoxy) is 2. The van der Waals surface area contributed by atoms with Crippen LogP contribution in [0.5, 0.6) is 11.5 Å². The summed E-state index contributed by atoms with van der Waals surface area (Å²) in [6.45, 7) is 1.35. The Morgan fingerprint density at radius 3 is 2.35 bits per heavy atom. The second kappa shape index (κ2) is 6.50. The van der Waals surface area contributed by atoms with Gasteiger partial charge in [0.15, 0.2) is 0 Å². The summed E-state index contributed by atoms with van der Waals surface area (Å²) in [4.78, 5) is 0. The molecule has 1 saturated carbocycles. The zero-order chi connectivity index (χ0) is 11.9. The molecule has 1 fully saturated rings. The van der Waals surface area contributed by atoms with E-state index in [0.29, 0.717) is 19.3 Å². The van der Waals surface area contributed by atoms with E-state index in [9.17, 15) is 0 Å². The molecule has 17 heavy (non-hydrogen) atoms. The molecular weight excluding hydrogens is 214 g/mol. The Hall–Kier alpha value is -1.22. The fourth-order valence-corrected chi connectivity index (χ4v) is 2.09. The topological polar surface area (TPSA) is 44.5 Å². The molecule has 1 aliphatic rings. The highest BCUT2D eigenvalue weighted by molar-refractivity contribution is 5.31. The summed E-state index contributed by atoms with van der Waals surface area (Å²) in [5.41, 5.74) is 5.41. The Labute approximate surface area is 103 Å². The maximum atomic E-state index is 5.88. The molecule has 0 radical (unpaired) electrons. The van der Waals surface area contributed by atoms with Crippen molar-refractivity contribution in [2.45, 2.75) is 38.2 Å². The van der Waals surface area contributed by atoms with E-state index in [0.717, 1.165) is 17.9 Å². The van der Waals surface area contributed by atoms with Crippen LogP contribution in [0.15, 0.2) is 24.3 Å². The molecule has 1 aromatic rings. The molecule has 3 heteroatoms. The van der Waals surface area contributed by atoms with Crippen LogP contribution in [0.2, 0.25) is 0 Å². The summed E-state index contributed by atoms with van der Waals surface area (Å²) in [7, 11) is 0. The second-order valence-electron chi connectivity index (χ2n) is 4.49. The van der Waals surface area contributed by atoms with Gasteiger partial charge in [0, 0.05) is 0 Å². The van der Waals surface area contributed by atoms with E-state index in [2.05, 4.69) is 0 Å². The molecule has 0 aliphatic heterocycles. The first kappa shape index (κ1) is 12.2. The predicted octanol–water partition coefficient (Wildman–Crippen LogP) is 2.74. The fourth-order valence-electron chi connectivity index (χ4n) is 2.09. The van der Waals surface area contributed by atoms with Crippen LogP contribution in [0, 0.1) is 0 Å². The van der Waals surface area contributed by atoms with Crippen molar-refractivity contribution < 1.29 is 9.47 Å². The second-order valence-corrected chi connectivity index (χ2v) is 4.49. The molecule has 0 saturated heterocycles. The molecule has 2 N–H and O–H groups in total. The van der Waals surface area contributed by atoms with Crippen LogP contribution in [-0.2, 0) is 0 Å². The van der Waals surface area contributed by atoms with Crippen LogP contribution in [0.3, 0.4) is 0 Å². The third-order valence-electron chi connectivity index (χ3n) is 3.05. The predicted molar refractivity (Wildman–Crippen MR) is 68.5 cm³/mol. The van der Waals surface area contributed by atoms with Crippen molar-refractivity contribution >= 4 is 0 Å². The van der Waals surface area contributed by atoms with Gasteiger partial charge in [-0.1, -0.05) is 0 Å².